The van der Waals surface area contributed by atoms with Crippen molar-refractivity contribution in [3.8, 4) is 0 Å². The van der Waals surface area contributed by atoms with Crippen LogP contribution in [0.3, 0.4) is 0 Å². The Labute approximate surface area is 98.8 Å². The van der Waals surface area contributed by atoms with Gasteiger partial charge in [0, 0.05) is 0 Å². The third-order valence-corrected chi connectivity index (χ3v) is 3.56. The second kappa shape index (κ2) is 4.56. The van der Waals surface area contributed by atoms with Crippen LogP contribution >= 0.6 is 0 Å². The van der Waals surface area contributed by atoms with Crippen molar-refractivity contribution in [1.82, 2.24) is 0 Å². The SMILES string of the molecule is O=C(O)c1ccc(F)c(S(=O)(=O)CC(F)(F)F)c1. The minimum atomic E-state index is -5.04. The van der Waals surface area contributed by atoms with Gasteiger partial charge >= 0.3 is 12.1 Å². The standard InChI is InChI=1S/C9H6F4O4S/c10-6-2-1-5(8(14)15)3-7(6)18(16,17)4-9(11,12)13/h1-3H,4H2,(H,14,15). The number of hydrogen-bond donors (Lipinski definition) is 1. The molecule has 1 rings (SSSR count). The fourth-order valence-corrected chi connectivity index (χ4v) is 2.43. The predicted octanol–water partition coefficient (Wildman–Crippen LogP) is 1.86. The number of halogens is 4. The fourth-order valence-electron chi connectivity index (χ4n) is 1.17. The Balaban J connectivity index is 3.32. The first-order valence-electron chi connectivity index (χ1n) is 4.35. The van der Waals surface area contributed by atoms with E-state index in [9.17, 15) is 30.8 Å². The molecule has 0 saturated heterocycles. The number of hydrogen-bond acceptors (Lipinski definition) is 3. The average molecular weight is 286 g/mol. The molecule has 18 heavy (non-hydrogen) atoms. The smallest absolute Gasteiger partial charge is 0.403 e. The summed E-state index contributed by atoms with van der Waals surface area (Å²) in [6, 6.07) is 1.61. The van der Waals surface area contributed by atoms with Gasteiger partial charge in [-0.15, -0.1) is 0 Å². The predicted molar refractivity (Wildman–Crippen MR) is 51.5 cm³/mol. The highest BCUT2D eigenvalue weighted by Crippen LogP contribution is 2.25. The molecule has 1 aromatic rings. The van der Waals surface area contributed by atoms with Crippen LogP contribution in [0.15, 0.2) is 23.1 Å². The molecule has 0 aliphatic carbocycles. The third kappa shape index (κ3) is 3.42. The molecule has 0 aromatic heterocycles. The number of aromatic carboxylic acids is 1. The summed E-state index contributed by atoms with van der Waals surface area (Å²) in [7, 11) is -4.97. The molecular weight excluding hydrogens is 280 g/mol. The first kappa shape index (κ1) is 14.4. The Kier molecular flexibility index (Phi) is 3.65. The molecule has 0 aliphatic rings. The van der Waals surface area contributed by atoms with Gasteiger partial charge in [0.05, 0.1) is 5.56 Å². The highest BCUT2D eigenvalue weighted by molar-refractivity contribution is 7.91. The minimum absolute atomic E-state index is 0.360. The van der Waals surface area contributed by atoms with Crippen molar-refractivity contribution in [1.29, 1.82) is 0 Å². The first-order chi connectivity index (χ1) is 8.03. The maximum atomic E-state index is 13.2. The number of rotatable bonds is 3. The van der Waals surface area contributed by atoms with E-state index in [1.807, 2.05) is 0 Å². The molecule has 0 aliphatic heterocycles. The van der Waals surface area contributed by atoms with Crippen molar-refractivity contribution in [2.24, 2.45) is 0 Å². The largest absolute Gasteiger partial charge is 0.478 e. The number of sulfone groups is 1. The van der Waals surface area contributed by atoms with Crippen LogP contribution in [0.5, 0.6) is 0 Å². The molecule has 4 nitrogen and oxygen atoms in total. The van der Waals surface area contributed by atoms with Gasteiger partial charge in [-0.05, 0) is 18.2 Å². The van der Waals surface area contributed by atoms with Crippen molar-refractivity contribution >= 4 is 15.8 Å². The van der Waals surface area contributed by atoms with E-state index < -0.39 is 44.0 Å². The van der Waals surface area contributed by atoms with Crippen LogP contribution < -0.4 is 0 Å². The molecule has 0 amide bonds. The second-order valence-corrected chi connectivity index (χ2v) is 5.28. The molecule has 0 saturated carbocycles. The van der Waals surface area contributed by atoms with Crippen LogP contribution in [0.4, 0.5) is 17.6 Å². The highest BCUT2D eigenvalue weighted by Gasteiger charge is 2.37. The van der Waals surface area contributed by atoms with Crippen molar-refractivity contribution in [2.75, 3.05) is 5.75 Å². The molecule has 0 bridgehead atoms. The summed E-state index contributed by atoms with van der Waals surface area (Å²) in [6.07, 6.45) is -5.04. The van der Waals surface area contributed by atoms with Crippen molar-refractivity contribution in [3.63, 3.8) is 0 Å². The lowest BCUT2D eigenvalue weighted by molar-refractivity contribution is -0.106. The average Bonchev–Trinajstić information content (AvgIpc) is 2.13. The van der Waals surface area contributed by atoms with Crippen LogP contribution in [0.25, 0.3) is 0 Å². The summed E-state index contributed by atoms with van der Waals surface area (Å²) in [4.78, 5) is 9.26. The van der Waals surface area contributed by atoms with E-state index in [2.05, 4.69) is 0 Å². The van der Waals surface area contributed by atoms with Crippen molar-refractivity contribution in [2.45, 2.75) is 11.1 Å². The van der Waals surface area contributed by atoms with Crippen molar-refractivity contribution in [3.05, 3.63) is 29.6 Å². The molecule has 0 fully saturated rings. The van der Waals surface area contributed by atoms with Gasteiger partial charge in [-0.2, -0.15) is 13.2 Å². The lowest BCUT2D eigenvalue weighted by Crippen LogP contribution is -2.23. The van der Waals surface area contributed by atoms with Crippen LogP contribution in [-0.4, -0.2) is 31.4 Å². The molecule has 0 spiro atoms. The lowest BCUT2D eigenvalue weighted by atomic mass is 10.2. The van der Waals surface area contributed by atoms with Crippen LogP contribution in [0.2, 0.25) is 0 Å². The summed E-state index contributed by atoms with van der Waals surface area (Å²) in [5.41, 5.74) is -0.614. The number of carboxylic acids is 1. The summed E-state index contributed by atoms with van der Waals surface area (Å²) >= 11 is 0. The van der Waals surface area contributed by atoms with E-state index >= 15 is 0 Å². The Morgan fingerprint density at radius 1 is 1.28 bits per heavy atom. The molecule has 9 heteroatoms. The Bertz CT molecular complexity index is 577. The van der Waals surface area contributed by atoms with Gasteiger partial charge < -0.3 is 5.11 Å². The van der Waals surface area contributed by atoms with Gasteiger partial charge in [0.2, 0.25) is 0 Å². The van der Waals surface area contributed by atoms with Gasteiger partial charge in [-0.1, -0.05) is 0 Å². The van der Waals surface area contributed by atoms with Gasteiger partial charge in [-0.25, -0.2) is 17.6 Å². The summed E-state index contributed by atoms with van der Waals surface area (Å²) in [6.45, 7) is 0. The molecule has 1 aromatic carbocycles. The van der Waals surface area contributed by atoms with Gasteiger partial charge in [0.25, 0.3) is 0 Å². The van der Waals surface area contributed by atoms with Gasteiger partial charge in [0.15, 0.2) is 15.6 Å². The maximum Gasteiger partial charge on any atom is 0.403 e. The Hall–Kier alpha value is -1.64. The normalized spacial score (nSPS) is 12.4. The summed E-state index contributed by atoms with van der Waals surface area (Å²) < 4.78 is 71.8. The zero-order chi connectivity index (χ0) is 14.1. The van der Waals surface area contributed by atoms with E-state index in [0.717, 1.165) is 6.07 Å². The molecule has 100 valence electrons. The minimum Gasteiger partial charge on any atom is -0.478 e. The van der Waals surface area contributed by atoms with Crippen molar-refractivity contribution < 1.29 is 35.9 Å². The van der Waals surface area contributed by atoms with E-state index in [-0.39, 0.29) is 0 Å². The van der Waals surface area contributed by atoms with Crippen LogP contribution in [0, 0.1) is 5.82 Å². The van der Waals surface area contributed by atoms with Crippen LogP contribution in [0.1, 0.15) is 10.4 Å². The highest BCUT2D eigenvalue weighted by atomic mass is 32.2. The third-order valence-electron chi connectivity index (χ3n) is 1.87. The van der Waals surface area contributed by atoms with E-state index in [1.54, 1.807) is 0 Å². The summed E-state index contributed by atoms with van der Waals surface area (Å²) in [5.74, 6) is -5.25. The first-order valence-corrected chi connectivity index (χ1v) is 6.00. The zero-order valence-corrected chi connectivity index (χ0v) is 9.35. The monoisotopic (exact) mass is 286 g/mol. The Morgan fingerprint density at radius 3 is 2.28 bits per heavy atom. The molecule has 0 atom stereocenters. The van der Waals surface area contributed by atoms with E-state index in [1.165, 1.54) is 0 Å². The summed E-state index contributed by atoms with van der Waals surface area (Å²) in [5, 5.41) is 8.56. The quantitative estimate of drug-likeness (QED) is 0.861. The number of alkyl halides is 3. The molecule has 0 unspecified atom stereocenters. The zero-order valence-electron chi connectivity index (χ0n) is 8.53. The van der Waals surface area contributed by atoms with Gasteiger partial charge in [0.1, 0.15) is 10.7 Å². The molecule has 0 heterocycles. The maximum absolute atomic E-state index is 13.2. The topological polar surface area (TPSA) is 71.4 Å². The second-order valence-electron chi connectivity index (χ2n) is 3.32. The van der Waals surface area contributed by atoms with E-state index in [0.29, 0.717) is 12.1 Å². The fraction of sp³-hybridized carbons (Fsp3) is 0.222. The van der Waals surface area contributed by atoms with E-state index in [4.69, 9.17) is 5.11 Å². The molecule has 0 radical (unpaired) electrons. The Morgan fingerprint density at radius 2 is 1.83 bits per heavy atom. The molecule has 1 N–H and O–H groups in total. The van der Waals surface area contributed by atoms with Gasteiger partial charge in [-0.3, -0.25) is 0 Å². The number of benzene rings is 1. The molecular formula is C9H6F4O4S. The van der Waals surface area contributed by atoms with Crippen LogP contribution in [-0.2, 0) is 9.84 Å². The number of carboxylic acid groups (broad SMARTS) is 1. The number of carbonyl (C=O) groups is 1. The lowest BCUT2D eigenvalue weighted by Gasteiger charge is -2.09.